The largest absolute Gasteiger partial charge is 0.306 e. The van der Waals surface area contributed by atoms with Crippen LogP contribution in [0.4, 0.5) is 5.82 Å². The number of hydrogen-bond acceptors (Lipinski definition) is 3. The number of carbonyl (C=O) groups is 1. The van der Waals surface area contributed by atoms with E-state index in [1.54, 1.807) is 0 Å². The van der Waals surface area contributed by atoms with Crippen molar-refractivity contribution in [1.29, 1.82) is 0 Å². The molecule has 0 atom stereocenters. The van der Waals surface area contributed by atoms with E-state index >= 15 is 0 Å². The van der Waals surface area contributed by atoms with E-state index in [1.807, 2.05) is 82.5 Å². The zero-order valence-electron chi connectivity index (χ0n) is 15.5. The van der Waals surface area contributed by atoms with Crippen LogP contribution < -0.4 is 4.90 Å². The van der Waals surface area contributed by atoms with Crippen molar-refractivity contribution in [1.82, 2.24) is 14.7 Å². The fraction of sp³-hybridized carbons (Fsp3) is 0.273. The van der Waals surface area contributed by atoms with Crippen LogP contribution in [0.3, 0.4) is 0 Å². The molecular formula is C22H24N4O. The third kappa shape index (κ3) is 3.78. The van der Waals surface area contributed by atoms with E-state index in [-0.39, 0.29) is 11.9 Å². The standard InChI is InChI=1S/C22H24N4O/c1-24-15-12-20(13-16-24)26(22(27)18-8-4-2-5-9-18)21-14-17-25(23-21)19-10-6-3-7-11-19/h2-11,14,17,20H,12-13,15-16H2,1H3. The zero-order valence-corrected chi connectivity index (χ0v) is 15.5. The van der Waals surface area contributed by atoms with E-state index in [1.165, 1.54) is 0 Å². The number of hydrogen-bond donors (Lipinski definition) is 0. The molecule has 1 aliphatic rings. The molecule has 2 aromatic carbocycles. The first-order valence-electron chi connectivity index (χ1n) is 9.40. The van der Waals surface area contributed by atoms with Gasteiger partial charge in [0, 0.05) is 23.9 Å². The molecule has 1 saturated heterocycles. The SMILES string of the molecule is CN1CCC(N(C(=O)c2ccccc2)c2ccn(-c3ccccc3)n2)CC1. The summed E-state index contributed by atoms with van der Waals surface area (Å²) in [7, 11) is 2.13. The molecule has 1 aliphatic heterocycles. The highest BCUT2D eigenvalue weighted by molar-refractivity contribution is 6.06. The van der Waals surface area contributed by atoms with Crippen molar-refractivity contribution in [2.45, 2.75) is 18.9 Å². The molecule has 1 aromatic heterocycles. The molecule has 0 radical (unpaired) electrons. The summed E-state index contributed by atoms with van der Waals surface area (Å²) in [5.74, 6) is 0.728. The Labute approximate surface area is 159 Å². The fourth-order valence-corrected chi connectivity index (χ4v) is 3.60. The predicted molar refractivity (Wildman–Crippen MR) is 107 cm³/mol. The van der Waals surface area contributed by atoms with Gasteiger partial charge in [0.25, 0.3) is 5.91 Å². The summed E-state index contributed by atoms with van der Waals surface area (Å²) < 4.78 is 1.83. The van der Waals surface area contributed by atoms with Gasteiger partial charge in [0.1, 0.15) is 0 Å². The number of benzene rings is 2. The molecule has 27 heavy (non-hydrogen) atoms. The average molecular weight is 360 g/mol. The Morgan fingerprint density at radius 3 is 2.26 bits per heavy atom. The van der Waals surface area contributed by atoms with Gasteiger partial charge in [0.05, 0.1) is 5.69 Å². The molecule has 138 valence electrons. The second-order valence-electron chi connectivity index (χ2n) is 7.03. The van der Waals surface area contributed by atoms with E-state index < -0.39 is 0 Å². The Morgan fingerprint density at radius 2 is 1.59 bits per heavy atom. The van der Waals surface area contributed by atoms with E-state index in [4.69, 9.17) is 5.10 Å². The molecule has 1 fully saturated rings. The molecule has 5 heteroatoms. The Kier molecular flexibility index (Phi) is 5.03. The minimum atomic E-state index is 0.0171. The van der Waals surface area contributed by atoms with Gasteiger partial charge in [0.15, 0.2) is 5.82 Å². The number of amides is 1. The number of rotatable bonds is 4. The van der Waals surface area contributed by atoms with Gasteiger partial charge in [0.2, 0.25) is 0 Å². The van der Waals surface area contributed by atoms with Crippen LogP contribution in [0.1, 0.15) is 23.2 Å². The summed E-state index contributed by atoms with van der Waals surface area (Å²) in [6.07, 6.45) is 3.82. The highest BCUT2D eigenvalue weighted by Gasteiger charge is 2.30. The Bertz CT molecular complexity index is 883. The maximum Gasteiger partial charge on any atom is 0.259 e. The summed E-state index contributed by atoms with van der Waals surface area (Å²) in [6, 6.07) is 21.6. The van der Waals surface area contributed by atoms with Crippen molar-refractivity contribution < 1.29 is 4.79 Å². The maximum atomic E-state index is 13.3. The number of piperidine rings is 1. The van der Waals surface area contributed by atoms with Gasteiger partial charge in [-0.3, -0.25) is 9.69 Å². The predicted octanol–water partition coefficient (Wildman–Crippen LogP) is 3.61. The van der Waals surface area contributed by atoms with E-state index in [2.05, 4.69) is 11.9 Å². The number of nitrogens with zero attached hydrogens (tertiary/aromatic N) is 4. The van der Waals surface area contributed by atoms with Crippen molar-refractivity contribution in [3.63, 3.8) is 0 Å². The molecule has 3 aromatic rings. The number of aromatic nitrogens is 2. The third-order valence-corrected chi connectivity index (χ3v) is 5.14. The van der Waals surface area contributed by atoms with Crippen LogP contribution in [0.25, 0.3) is 5.69 Å². The zero-order chi connectivity index (χ0) is 18.6. The molecule has 5 nitrogen and oxygen atoms in total. The lowest BCUT2D eigenvalue weighted by molar-refractivity contribution is 0.0962. The molecule has 0 bridgehead atoms. The smallest absolute Gasteiger partial charge is 0.259 e. The summed E-state index contributed by atoms with van der Waals surface area (Å²) in [4.78, 5) is 17.5. The third-order valence-electron chi connectivity index (χ3n) is 5.14. The highest BCUT2D eigenvalue weighted by Crippen LogP contribution is 2.25. The van der Waals surface area contributed by atoms with Gasteiger partial charge in [-0.25, -0.2) is 4.68 Å². The monoisotopic (exact) mass is 360 g/mol. The first-order chi connectivity index (χ1) is 13.2. The molecule has 4 rings (SSSR count). The Hall–Kier alpha value is -2.92. The molecule has 1 amide bonds. The molecule has 0 spiro atoms. The minimum absolute atomic E-state index is 0.0171. The van der Waals surface area contributed by atoms with E-state index in [9.17, 15) is 4.79 Å². The van der Waals surface area contributed by atoms with Crippen LogP contribution in [0.15, 0.2) is 72.9 Å². The molecule has 0 saturated carbocycles. The van der Waals surface area contributed by atoms with Gasteiger partial charge in [-0.1, -0.05) is 36.4 Å². The van der Waals surface area contributed by atoms with Crippen LogP contribution in [0.2, 0.25) is 0 Å². The maximum absolute atomic E-state index is 13.3. The molecule has 0 N–H and O–H groups in total. The van der Waals surface area contributed by atoms with Gasteiger partial charge in [-0.2, -0.15) is 0 Å². The summed E-state index contributed by atoms with van der Waals surface area (Å²) in [5, 5.41) is 4.73. The van der Waals surface area contributed by atoms with Crippen LogP contribution in [-0.4, -0.2) is 46.8 Å². The quantitative estimate of drug-likeness (QED) is 0.714. The van der Waals surface area contributed by atoms with Crippen molar-refractivity contribution >= 4 is 11.7 Å². The number of carbonyl (C=O) groups excluding carboxylic acids is 1. The van der Waals surface area contributed by atoms with Crippen molar-refractivity contribution in [3.8, 4) is 5.69 Å². The summed E-state index contributed by atoms with van der Waals surface area (Å²) in [5.41, 5.74) is 1.69. The lowest BCUT2D eigenvalue weighted by atomic mass is 10.0. The molecule has 0 aliphatic carbocycles. The Morgan fingerprint density at radius 1 is 0.963 bits per heavy atom. The molecule has 0 unspecified atom stereocenters. The summed E-state index contributed by atoms with van der Waals surface area (Å²) in [6.45, 7) is 1.98. The van der Waals surface area contributed by atoms with Gasteiger partial charge >= 0.3 is 0 Å². The van der Waals surface area contributed by atoms with Crippen molar-refractivity contribution in [2.24, 2.45) is 0 Å². The van der Waals surface area contributed by atoms with Crippen LogP contribution >= 0.6 is 0 Å². The van der Waals surface area contributed by atoms with Crippen molar-refractivity contribution in [2.75, 3.05) is 25.0 Å². The second-order valence-corrected chi connectivity index (χ2v) is 7.03. The topological polar surface area (TPSA) is 41.4 Å². The molecular weight excluding hydrogens is 336 g/mol. The average Bonchev–Trinajstić information content (AvgIpc) is 3.20. The van der Waals surface area contributed by atoms with Gasteiger partial charge < -0.3 is 4.90 Å². The van der Waals surface area contributed by atoms with Gasteiger partial charge in [-0.15, -0.1) is 5.10 Å². The lowest BCUT2D eigenvalue weighted by Gasteiger charge is -2.36. The highest BCUT2D eigenvalue weighted by atomic mass is 16.2. The number of likely N-dealkylation sites (tertiary alicyclic amines) is 1. The van der Waals surface area contributed by atoms with Crippen LogP contribution in [-0.2, 0) is 0 Å². The normalized spacial score (nSPS) is 15.6. The Balaban J connectivity index is 1.68. The minimum Gasteiger partial charge on any atom is -0.306 e. The first-order valence-corrected chi connectivity index (χ1v) is 9.40. The van der Waals surface area contributed by atoms with Crippen LogP contribution in [0, 0.1) is 0 Å². The van der Waals surface area contributed by atoms with Gasteiger partial charge in [-0.05, 0) is 57.2 Å². The molecule has 2 heterocycles. The number of para-hydroxylation sites is 1. The van der Waals surface area contributed by atoms with Crippen LogP contribution in [0.5, 0.6) is 0 Å². The summed E-state index contributed by atoms with van der Waals surface area (Å²) >= 11 is 0. The van der Waals surface area contributed by atoms with E-state index in [0.717, 1.165) is 31.6 Å². The fourth-order valence-electron chi connectivity index (χ4n) is 3.60. The first kappa shape index (κ1) is 17.5. The lowest BCUT2D eigenvalue weighted by Crippen LogP contribution is -2.47. The number of anilines is 1. The van der Waals surface area contributed by atoms with Crippen molar-refractivity contribution in [3.05, 3.63) is 78.5 Å². The second kappa shape index (κ2) is 7.76. The van der Waals surface area contributed by atoms with E-state index in [0.29, 0.717) is 11.4 Å².